The number of ether oxygens (including phenoxy) is 2. The summed E-state index contributed by atoms with van der Waals surface area (Å²) in [4.78, 5) is 24.3. The monoisotopic (exact) mass is 419 g/mol. The second kappa shape index (κ2) is 11.3. The molecule has 0 aromatic heterocycles. The van der Waals surface area contributed by atoms with Gasteiger partial charge in [0.25, 0.3) is 0 Å². The molecule has 2 aromatic rings. The molecule has 0 spiro atoms. The number of nitrogens with one attached hydrogen (secondary N) is 1. The fraction of sp³-hybridized carbons (Fsp3) is 0.300. The number of hydrogen-bond donors (Lipinski definition) is 1. The van der Waals surface area contributed by atoms with E-state index in [4.69, 9.17) is 9.47 Å². The third-order valence-corrected chi connectivity index (χ3v) is 4.20. The highest BCUT2D eigenvalue weighted by Gasteiger charge is 2.22. The lowest BCUT2D eigenvalue weighted by Gasteiger charge is -2.17. The molecular formula is C20H22BrNO4. The maximum absolute atomic E-state index is 12.3. The summed E-state index contributed by atoms with van der Waals surface area (Å²) in [5.41, 5.74) is 1.78. The fourth-order valence-corrected chi connectivity index (χ4v) is 2.59. The third-order valence-electron chi connectivity index (χ3n) is 3.64. The molecule has 0 bridgehead atoms. The van der Waals surface area contributed by atoms with E-state index in [0.29, 0.717) is 6.42 Å². The highest BCUT2D eigenvalue weighted by Crippen LogP contribution is 2.07. The summed E-state index contributed by atoms with van der Waals surface area (Å²) in [6.45, 7) is 0.322. The van der Waals surface area contributed by atoms with E-state index in [1.54, 1.807) is 0 Å². The zero-order valence-electron chi connectivity index (χ0n) is 14.4. The van der Waals surface area contributed by atoms with E-state index in [0.717, 1.165) is 22.9 Å². The zero-order chi connectivity index (χ0) is 18.6. The van der Waals surface area contributed by atoms with E-state index in [2.05, 4.69) is 21.2 Å². The van der Waals surface area contributed by atoms with Crippen LogP contribution in [0.15, 0.2) is 60.7 Å². The first-order valence-corrected chi connectivity index (χ1v) is 9.55. The van der Waals surface area contributed by atoms with Gasteiger partial charge in [0.1, 0.15) is 19.3 Å². The van der Waals surface area contributed by atoms with Crippen molar-refractivity contribution in [2.45, 2.75) is 32.1 Å². The van der Waals surface area contributed by atoms with Crippen LogP contribution in [-0.2, 0) is 27.5 Å². The van der Waals surface area contributed by atoms with E-state index in [9.17, 15) is 9.59 Å². The Bertz CT molecular complexity index is 679. The zero-order valence-corrected chi connectivity index (χ0v) is 16.0. The van der Waals surface area contributed by atoms with Gasteiger partial charge in [0, 0.05) is 5.33 Å². The van der Waals surface area contributed by atoms with E-state index in [1.165, 1.54) is 0 Å². The smallest absolute Gasteiger partial charge is 0.408 e. The molecule has 2 rings (SSSR count). The largest absolute Gasteiger partial charge is 0.459 e. The first-order chi connectivity index (χ1) is 12.7. The van der Waals surface area contributed by atoms with Crippen molar-refractivity contribution in [3.63, 3.8) is 0 Å². The van der Waals surface area contributed by atoms with Gasteiger partial charge in [0.05, 0.1) is 0 Å². The van der Waals surface area contributed by atoms with Crippen LogP contribution in [0.3, 0.4) is 0 Å². The molecule has 6 heteroatoms. The normalized spacial score (nSPS) is 11.4. The maximum Gasteiger partial charge on any atom is 0.408 e. The van der Waals surface area contributed by atoms with Crippen molar-refractivity contribution in [1.29, 1.82) is 0 Å². The van der Waals surface area contributed by atoms with Gasteiger partial charge < -0.3 is 14.8 Å². The minimum absolute atomic E-state index is 0.150. The van der Waals surface area contributed by atoms with Crippen LogP contribution in [-0.4, -0.2) is 23.4 Å². The molecular weight excluding hydrogens is 398 g/mol. The number of hydrogen-bond acceptors (Lipinski definition) is 4. The van der Waals surface area contributed by atoms with Crippen molar-refractivity contribution in [2.24, 2.45) is 0 Å². The minimum atomic E-state index is -0.737. The van der Waals surface area contributed by atoms with Crippen LogP contribution >= 0.6 is 15.9 Å². The van der Waals surface area contributed by atoms with Crippen LogP contribution in [0.1, 0.15) is 24.0 Å². The number of alkyl halides is 1. The highest BCUT2D eigenvalue weighted by molar-refractivity contribution is 9.09. The molecule has 138 valence electrons. The van der Waals surface area contributed by atoms with Gasteiger partial charge in [-0.05, 0) is 24.0 Å². The lowest BCUT2D eigenvalue weighted by Crippen LogP contribution is -2.42. The van der Waals surface area contributed by atoms with Crippen LogP contribution in [0.25, 0.3) is 0 Å². The van der Waals surface area contributed by atoms with Crippen LogP contribution in [0, 0.1) is 0 Å². The lowest BCUT2D eigenvalue weighted by atomic mass is 10.1. The van der Waals surface area contributed by atoms with Gasteiger partial charge in [-0.25, -0.2) is 9.59 Å². The Balaban J connectivity index is 1.84. The number of halogens is 1. The van der Waals surface area contributed by atoms with Gasteiger partial charge in [-0.15, -0.1) is 0 Å². The second-order valence-electron chi connectivity index (χ2n) is 5.68. The van der Waals surface area contributed by atoms with Crippen molar-refractivity contribution >= 4 is 28.0 Å². The van der Waals surface area contributed by atoms with Crippen LogP contribution in [0.5, 0.6) is 0 Å². The molecule has 0 aliphatic heterocycles. The Labute approximate surface area is 161 Å². The van der Waals surface area contributed by atoms with Crippen molar-refractivity contribution in [1.82, 2.24) is 5.32 Å². The van der Waals surface area contributed by atoms with E-state index in [-0.39, 0.29) is 13.2 Å². The Morgan fingerprint density at radius 2 is 1.42 bits per heavy atom. The number of benzene rings is 2. The molecule has 0 unspecified atom stereocenters. The van der Waals surface area contributed by atoms with Crippen LogP contribution in [0.2, 0.25) is 0 Å². The van der Waals surface area contributed by atoms with E-state index >= 15 is 0 Å². The Morgan fingerprint density at radius 1 is 0.885 bits per heavy atom. The first-order valence-electron chi connectivity index (χ1n) is 8.43. The summed E-state index contributed by atoms with van der Waals surface area (Å²) in [5, 5.41) is 3.33. The molecule has 0 aliphatic rings. The molecule has 1 atom stereocenters. The Morgan fingerprint density at radius 3 is 1.96 bits per heavy atom. The summed E-state index contributed by atoms with van der Waals surface area (Å²) >= 11 is 3.33. The van der Waals surface area contributed by atoms with Crippen molar-refractivity contribution in [3.8, 4) is 0 Å². The molecule has 1 amide bonds. The van der Waals surface area contributed by atoms with Gasteiger partial charge in [-0.3, -0.25) is 0 Å². The van der Waals surface area contributed by atoms with Gasteiger partial charge in [0.2, 0.25) is 0 Å². The highest BCUT2D eigenvalue weighted by atomic mass is 79.9. The number of rotatable bonds is 9. The van der Waals surface area contributed by atoms with Crippen molar-refractivity contribution in [2.75, 3.05) is 5.33 Å². The maximum atomic E-state index is 12.3. The molecule has 2 aromatic carbocycles. The standard InChI is InChI=1S/C20H22BrNO4/c21-13-7-12-18(19(23)25-14-16-8-3-1-4-9-16)22-20(24)26-15-17-10-5-2-6-11-17/h1-6,8-11,18H,7,12-15H2,(H,22,24)/t18-/m0/s1. The number of amides is 1. The fourth-order valence-electron chi connectivity index (χ4n) is 2.27. The molecule has 1 N–H and O–H groups in total. The van der Waals surface area contributed by atoms with Gasteiger partial charge in [-0.2, -0.15) is 0 Å². The van der Waals surface area contributed by atoms with Crippen molar-refractivity contribution in [3.05, 3.63) is 71.8 Å². The predicted octanol–water partition coefficient (Wildman–Crippen LogP) is 4.20. The quantitative estimate of drug-likeness (QED) is 0.488. The number of esters is 1. The van der Waals surface area contributed by atoms with Gasteiger partial charge >= 0.3 is 12.1 Å². The summed E-state index contributed by atoms with van der Waals surface area (Å²) in [5.74, 6) is -0.466. The molecule has 0 fully saturated rings. The average Bonchev–Trinajstić information content (AvgIpc) is 2.69. The lowest BCUT2D eigenvalue weighted by molar-refractivity contribution is -0.147. The molecule has 0 saturated carbocycles. The Hall–Kier alpha value is -2.34. The summed E-state index contributed by atoms with van der Waals surface area (Å²) < 4.78 is 10.5. The van der Waals surface area contributed by atoms with Crippen LogP contribution < -0.4 is 5.32 Å². The molecule has 5 nitrogen and oxygen atoms in total. The average molecular weight is 420 g/mol. The molecule has 26 heavy (non-hydrogen) atoms. The van der Waals surface area contributed by atoms with E-state index < -0.39 is 18.1 Å². The number of carbonyl (C=O) groups is 2. The van der Waals surface area contributed by atoms with Gasteiger partial charge in [-0.1, -0.05) is 76.6 Å². The summed E-state index contributed by atoms with van der Waals surface area (Å²) in [7, 11) is 0. The SMILES string of the molecule is O=C(N[C@@H](CCCBr)C(=O)OCc1ccccc1)OCc1ccccc1. The molecule has 0 radical (unpaired) electrons. The van der Waals surface area contributed by atoms with Crippen LogP contribution in [0.4, 0.5) is 4.79 Å². The molecule has 0 heterocycles. The van der Waals surface area contributed by atoms with Gasteiger partial charge in [0.15, 0.2) is 0 Å². The Kier molecular flexibility index (Phi) is 8.69. The topological polar surface area (TPSA) is 64.6 Å². The second-order valence-corrected chi connectivity index (χ2v) is 6.48. The minimum Gasteiger partial charge on any atom is -0.459 e. The number of alkyl carbamates (subject to hydrolysis) is 1. The third kappa shape index (κ3) is 7.27. The first kappa shape index (κ1) is 20.0. The van der Waals surface area contributed by atoms with Crippen molar-refractivity contribution < 1.29 is 19.1 Å². The summed E-state index contributed by atoms with van der Waals surface area (Å²) in [6.07, 6.45) is 0.564. The summed E-state index contributed by atoms with van der Waals surface area (Å²) in [6, 6.07) is 18.0. The number of carbonyl (C=O) groups excluding carboxylic acids is 2. The molecule has 0 saturated heterocycles. The van der Waals surface area contributed by atoms with E-state index in [1.807, 2.05) is 60.7 Å². The predicted molar refractivity (Wildman–Crippen MR) is 103 cm³/mol. The molecule has 0 aliphatic carbocycles.